The number of amides is 2. The Kier molecular flexibility index (Phi) is 3.97. The summed E-state index contributed by atoms with van der Waals surface area (Å²) >= 11 is 0. The Morgan fingerprint density at radius 2 is 2.06 bits per heavy atom. The molecule has 1 aromatic rings. The number of nitrogens with zero attached hydrogens (tertiary/aromatic N) is 1. The SMILES string of the molecule is CCNC(=O)C1CCCN1C(=O)c1ccccc1. The minimum atomic E-state index is -0.308. The Morgan fingerprint density at radius 3 is 2.72 bits per heavy atom. The second-order valence-corrected chi connectivity index (χ2v) is 4.42. The molecular formula is C14H18N2O2. The van der Waals surface area contributed by atoms with E-state index in [1.807, 2.05) is 25.1 Å². The fourth-order valence-corrected chi connectivity index (χ4v) is 2.32. The molecule has 1 aliphatic rings. The zero-order valence-electron chi connectivity index (χ0n) is 10.6. The zero-order chi connectivity index (χ0) is 13.0. The molecule has 0 spiro atoms. The lowest BCUT2D eigenvalue weighted by molar-refractivity contribution is -0.124. The molecule has 18 heavy (non-hydrogen) atoms. The van der Waals surface area contributed by atoms with E-state index in [0.29, 0.717) is 18.7 Å². The van der Waals surface area contributed by atoms with Crippen molar-refractivity contribution in [2.24, 2.45) is 0 Å². The van der Waals surface area contributed by atoms with Gasteiger partial charge in [0.1, 0.15) is 6.04 Å². The molecule has 0 bridgehead atoms. The average Bonchev–Trinajstić information content (AvgIpc) is 2.88. The van der Waals surface area contributed by atoms with Crippen molar-refractivity contribution in [3.05, 3.63) is 35.9 Å². The Hall–Kier alpha value is -1.84. The Labute approximate surface area is 107 Å². The number of carbonyl (C=O) groups excluding carboxylic acids is 2. The van der Waals surface area contributed by atoms with Gasteiger partial charge in [0, 0.05) is 18.7 Å². The highest BCUT2D eigenvalue weighted by Gasteiger charge is 2.33. The van der Waals surface area contributed by atoms with E-state index in [1.54, 1.807) is 17.0 Å². The van der Waals surface area contributed by atoms with Crippen molar-refractivity contribution in [2.75, 3.05) is 13.1 Å². The summed E-state index contributed by atoms with van der Waals surface area (Å²) in [6.07, 6.45) is 1.64. The minimum Gasteiger partial charge on any atom is -0.355 e. The smallest absolute Gasteiger partial charge is 0.254 e. The van der Waals surface area contributed by atoms with Crippen molar-refractivity contribution in [1.82, 2.24) is 10.2 Å². The van der Waals surface area contributed by atoms with E-state index in [4.69, 9.17) is 0 Å². The van der Waals surface area contributed by atoms with Gasteiger partial charge < -0.3 is 10.2 Å². The number of rotatable bonds is 3. The van der Waals surface area contributed by atoms with Gasteiger partial charge in [-0.3, -0.25) is 9.59 Å². The number of hydrogen-bond donors (Lipinski definition) is 1. The molecule has 0 aromatic heterocycles. The van der Waals surface area contributed by atoms with E-state index in [2.05, 4.69) is 5.32 Å². The third-order valence-electron chi connectivity index (χ3n) is 3.19. The first-order chi connectivity index (χ1) is 8.74. The maximum absolute atomic E-state index is 12.3. The molecule has 2 amide bonds. The van der Waals surface area contributed by atoms with Crippen molar-refractivity contribution in [3.63, 3.8) is 0 Å². The number of benzene rings is 1. The lowest BCUT2D eigenvalue weighted by Gasteiger charge is -2.23. The minimum absolute atomic E-state index is 0.0423. The van der Waals surface area contributed by atoms with E-state index < -0.39 is 0 Å². The normalized spacial score (nSPS) is 18.7. The van der Waals surface area contributed by atoms with Crippen LogP contribution in [-0.2, 0) is 4.79 Å². The predicted molar refractivity (Wildman–Crippen MR) is 69.2 cm³/mol. The Balaban J connectivity index is 2.12. The molecule has 96 valence electrons. The number of likely N-dealkylation sites (tertiary alicyclic amines) is 1. The van der Waals surface area contributed by atoms with E-state index in [0.717, 1.165) is 12.8 Å². The summed E-state index contributed by atoms with van der Waals surface area (Å²) in [5, 5.41) is 2.79. The second-order valence-electron chi connectivity index (χ2n) is 4.42. The van der Waals surface area contributed by atoms with Crippen LogP contribution in [0.4, 0.5) is 0 Å². The summed E-state index contributed by atoms with van der Waals surface area (Å²) in [5.74, 6) is -0.0939. The number of likely N-dealkylation sites (N-methyl/N-ethyl adjacent to an activating group) is 1. The highest BCUT2D eigenvalue weighted by atomic mass is 16.2. The molecule has 4 nitrogen and oxygen atoms in total. The molecule has 1 unspecified atom stereocenters. The van der Waals surface area contributed by atoms with E-state index in [1.165, 1.54) is 0 Å². The Morgan fingerprint density at radius 1 is 1.33 bits per heavy atom. The number of carbonyl (C=O) groups is 2. The van der Waals surface area contributed by atoms with Crippen LogP contribution >= 0.6 is 0 Å². The molecule has 1 aromatic carbocycles. The number of hydrogen-bond acceptors (Lipinski definition) is 2. The van der Waals surface area contributed by atoms with Gasteiger partial charge in [-0.05, 0) is 31.9 Å². The van der Waals surface area contributed by atoms with Gasteiger partial charge in [-0.25, -0.2) is 0 Å². The molecule has 1 atom stereocenters. The highest BCUT2D eigenvalue weighted by molar-refractivity contribution is 5.97. The van der Waals surface area contributed by atoms with Gasteiger partial charge in [0.15, 0.2) is 0 Å². The fraction of sp³-hybridized carbons (Fsp3) is 0.429. The third kappa shape index (κ3) is 2.53. The molecule has 1 aliphatic heterocycles. The summed E-state index contributed by atoms with van der Waals surface area (Å²) in [6.45, 7) is 3.15. The van der Waals surface area contributed by atoms with Crippen molar-refractivity contribution < 1.29 is 9.59 Å². The Bertz CT molecular complexity index is 431. The fourth-order valence-electron chi connectivity index (χ4n) is 2.32. The maximum Gasteiger partial charge on any atom is 0.254 e. The molecule has 1 heterocycles. The van der Waals surface area contributed by atoms with Gasteiger partial charge in [0.25, 0.3) is 5.91 Å². The van der Waals surface area contributed by atoms with Crippen LogP contribution in [0.15, 0.2) is 30.3 Å². The average molecular weight is 246 g/mol. The van der Waals surface area contributed by atoms with Gasteiger partial charge in [-0.15, -0.1) is 0 Å². The van der Waals surface area contributed by atoms with Crippen LogP contribution in [0.25, 0.3) is 0 Å². The van der Waals surface area contributed by atoms with Gasteiger partial charge in [0.2, 0.25) is 5.91 Å². The largest absolute Gasteiger partial charge is 0.355 e. The van der Waals surface area contributed by atoms with Crippen LogP contribution in [0.2, 0.25) is 0 Å². The highest BCUT2D eigenvalue weighted by Crippen LogP contribution is 2.20. The molecule has 2 rings (SSSR count). The van der Waals surface area contributed by atoms with Crippen molar-refractivity contribution in [1.29, 1.82) is 0 Å². The van der Waals surface area contributed by atoms with Crippen LogP contribution in [0.3, 0.4) is 0 Å². The monoisotopic (exact) mass is 246 g/mol. The standard InChI is InChI=1S/C14H18N2O2/c1-2-15-13(17)12-9-6-10-16(12)14(18)11-7-4-3-5-8-11/h3-5,7-8,12H,2,6,9-10H2,1H3,(H,15,17). The van der Waals surface area contributed by atoms with Crippen molar-refractivity contribution >= 4 is 11.8 Å². The van der Waals surface area contributed by atoms with E-state index in [-0.39, 0.29) is 17.9 Å². The predicted octanol–water partition coefficient (Wildman–Crippen LogP) is 1.43. The molecular weight excluding hydrogens is 228 g/mol. The zero-order valence-corrected chi connectivity index (χ0v) is 10.6. The van der Waals surface area contributed by atoms with Crippen LogP contribution in [0.5, 0.6) is 0 Å². The number of nitrogens with one attached hydrogen (secondary N) is 1. The summed E-state index contributed by atoms with van der Waals surface area (Å²) in [5.41, 5.74) is 0.647. The van der Waals surface area contributed by atoms with E-state index >= 15 is 0 Å². The molecule has 4 heteroatoms. The van der Waals surface area contributed by atoms with Crippen LogP contribution < -0.4 is 5.32 Å². The molecule has 0 aliphatic carbocycles. The van der Waals surface area contributed by atoms with Gasteiger partial charge in [-0.1, -0.05) is 18.2 Å². The summed E-state index contributed by atoms with van der Waals surface area (Å²) in [6, 6.07) is 8.82. The molecule has 1 fully saturated rings. The van der Waals surface area contributed by atoms with Gasteiger partial charge in [-0.2, -0.15) is 0 Å². The quantitative estimate of drug-likeness (QED) is 0.877. The maximum atomic E-state index is 12.3. The molecule has 0 radical (unpaired) electrons. The first-order valence-electron chi connectivity index (χ1n) is 6.37. The van der Waals surface area contributed by atoms with Crippen LogP contribution in [0.1, 0.15) is 30.1 Å². The van der Waals surface area contributed by atoms with Gasteiger partial charge in [0.05, 0.1) is 0 Å². The van der Waals surface area contributed by atoms with Crippen molar-refractivity contribution in [3.8, 4) is 0 Å². The van der Waals surface area contributed by atoms with Gasteiger partial charge >= 0.3 is 0 Å². The molecule has 1 N–H and O–H groups in total. The van der Waals surface area contributed by atoms with Crippen LogP contribution in [0, 0.1) is 0 Å². The summed E-state index contributed by atoms with van der Waals surface area (Å²) in [4.78, 5) is 25.9. The summed E-state index contributed by atoms with van der Waals surface area (Å²) < 4.78 is 0. The van der Waals surface area contributed by atoms with E-state index in [9.17, 15) is 9.59 Å². The van der Waals surface area contributed by atoms with Crippen molar-refractivity contribution in [2.45, 2.75) is 25.8 Å². The first kappa shape index (κ1) is 12.6. The molecule has 1 saturated heterocycles. The van der Waals surface area contributed by atoms with Crippen LogP contribution in [-0.4, -0.2) is 35.8 Å². The second kappa shape index (κ2) is 5.67. The topological polar surface area (TPSA) is 49.4 Å². The lowest BCUT2D eigenvalue weighted by atomic mass is 10.1. The molecule has 0 saturated carbocycles. The summed E-state index contributed by atoms with van der Waals surface area (Å²) in [7, 11) is 0. The lowest BCUT2D eigenvalue weighted by Crippen LogP contribution is -2.45. The first-order valence-corrected chi connectivity index (χ1v) is 6.37. The third-order valence-corrected chi connectivity index (χ3v) is 3.19.